The summed E-state index contributed by atoms with van der Waals surface area (Å²) >= 11 is 0. The minimum atomic E-state index is -3.69. The van der Waals surface area contributed by atoms with Crippen molar-refractivity contribution >= 4 is 27.4 Å². The normalized spacial score (nSPS) is 12.1. The minimum absolute atomic E-state index is 0.0714. The second-order valence-corrected chi connectivity index (χ2v) is 8.09. The lowest BCUT2D eigenvalue weighted by atomic mass is 10.1. The van der Waals surface area contributed by atoms with E-state index in [4.69, 9.17) is 0 Å². The Morgan fingerprint density at radius 2 is 1.79 bits per heavy atom. The van der Waals surface area contributed by atoms with E-state index in [-0.39, 0.29) is 23.4 Å². The largest absolute Gasteiger partial charge is 0.480 e. The summed E-state index contributed by atoms with van der Waals surface area (Å²) in [6.45, 7) is 0. The van der Waals surface area contributed by atoms with Crippen molar-refractivity contribution in [1.82, 2.24) is 5.32 Å². The first-order valence-corrected chi connectivity index (χ1v) is 9.87. The molecule has 0 spiro atoms. The van der Waals surface area contributed by atoms with Gasteiger partial charge in [-0.15, -0.1) is 0 Å². The molecular weight excluding hydrogens is 388 g/mol. The topological polar surface area (TPSA) is 144 Å². The molecule has 0 aliphatic heterocycles. The van der Waals surface area contributed by atoms with Crippen LogP contribution in [0.4, 0.5) is 5.69 Å². The summed E-state index contributed by atoms with van der Waals surface area (Å²) in [5.41, 5.74) is 0.154. The van der Waals surface area contributed by atoms with Gasteiger partial charge in [-0.25, -0.2) is 13.2 Å². The molecule has 9 nitrogen and oxygen atoms in total. The van der Waals surface area contributed by atoms with Gasteiger partial charge in [-0.1, -0.05) is 30.3 Å². The number of nitrogens with zero attached hydrogens (tertiary/aromatic N) is 1. The second-order valence-electron chi connectivity index (χ2n) is 5.98. The molecule has 0 unspecified atom stereocenters. The molecule has 0 saturated carbocycles. The number of nitro groups is 1. The number of nitro benzene ring substituents is 1. The molecule has 0 aliphatic carbocycles. The molecule has 10 heteroatoms. The number of amides is 1. The average molecular weight is 406 g/mol. The van der Waals surface area contributed by atoms with Gasteiger partial charge in [0, 0.05) is 12.1 Å². The molecule has 28 heavy (non-hydrogen) atoms. The van der Waals surface area contributed by atoms with Crippen molar-refractivity contribution in [1.29, 1.82) is 0 Å². The lowest BCUT2D eigenvalue weighted by molar-refractivity contribution is -0.384. The standard InChI is InChI=1S/C18H18N2O7S/c21-17(12-13-5-4-6-14(11-13)20(24)25)19-16(18(22)23)9-10-28(26,27)15-7-2-1-3-8-15/h1-8,11,16H,9-10,12H2,(H,19,21)(H,22,23)/t16-/m0/s1. The first kappa shape index (κ1) is 21.0. The monoisotopic (exact) mass is 406 g/mol. The van der Waals surface area contributed by atoms with Crippen molar-refractivity contribution in [2.75, 3.05) is 5.75 Å². The van der Waals surface area contributed by atoms with E-state index < -0.39 is 38.4 Å². The van der Waals surface area contributed by atoms with Crippen LogP contribution in [-0.2, 0) is 25.8 Å². The lowest BCUT2D eigenvalue weighted by Gasteiger charge is -2.15. The molecule has 2 rings (SSSR count). The molecular formula is C18H18N2O7S. The van der Waals surface area contributed by atoms with Crippen LogP contribution in [0.3, 0.4) is 0 Å². The fourth-order valence-corrected chi connectivity index (χ4v) is 3.84. The Kier molecular flexibility index (Phi) is 6.83. The van der Waals surface area contributed by atoms with Gasteiger partial charge >= 0.3 is 5.97 Å². The van der Waals surface area contributed by atoms with Gasteiger partial charge in [0.2, 0.25) is 5.91 Å². The van der Waals surface area contributed by atoms with Gasteiger partial charge in [0.25, 0.3) is 5.69 Å². The summed E-state index contributed by atoms with van der Waals surface area (Å²) in [4.78, 5) is 33.7. The van der Waals surface area contributed by atoms with Crippen LogP contribution in [0.1, 0.15) is 12.0 Å². The van der Waals surface area contributed by atoms with Gasteiger partial charge < -0.3 is 10.4 Å². The van der Waals surface area contributed by atoms with Crippen molar-refractivity contribution in [2.24, 2.45) is 0 Å². The molecule has 2 aromatic carbocycles. The van der Waals surface area contributed by atoms with E-state index in [1.165, 1.54) is 36.4 Å². The van der Waals surface area contributed by atoms with Crippen LogP contribution in [0.15, 0.2) is 59.5 Å². The molecule has 1 amide bonds. The highest BCUT2D eigenvalue weighted by Gasteiger charge is 2.24. The fourth-order valence-electron chi connectivity index (χ4n) is 2.49. The first-order valence-electron chi connectivity index (χ1n) is 8.22. The van der Waals surface area contributed by atoms with Gasteiger partial charge in [0.05, 0.1) is 22.0 Å². The molecule has 0 aliphatic rings. The van der Waals surface area contributed by atoms with Gasteiger partial charge in [0.1, 0.15) is 6.04 Å². The van der Waals surface area contributed by atoms with Crippen molar-refractivity contribution in [3.05, 3.63) is 70.3 Å². The Labute approximate surface area is 161 Å². The van der Waals surface area contributed by atoms with Gasteiger partial charge in [0.15, 0.2) is 9.84 Å². The third-order valence-electron chi connectivity index (χ3n) is 3.90. The molecule has 148 valence electrons. The van der Waals surface area contributed by atoms with Crippen LogP contribution < -0.4 is 5.32 Å². The van der Waals surface area contributed by atoms with Crippen molar-refractivity contribution < 1.29 is 28.0 Å². The molecule has 0 saturated heterocycles. The molecule has 0 heterocycles. The summed E-state index contributed by atoms with van der Waals surface area (Å²) in [5.74, 6) is -2.49. The predicted octanol–water partition coefficient (Wildman–Crippen LogP) is 1.57. The van der Waals surface area contributed by atoms with Gasteiger partial charge in [-0.3, -0.25) is 14.9 Å². The molecule has 2 N–H and O–H groups in total. The van der Waals surface area contributed by atoms with E-state index in [1.807, 2.05) is 0 Å². The van der Waals surface area contributed by atoms with Crippen LogP contribution in [0, 0.1) is 10.1 Å². The zero-order valence-corrected chi connectivity index (χ0v) is 15.5. The zero-order valence-electron chi connectivity index (χ0n) is 14.6. The summed E-state index contributed by atoms with van der Waals surface area (Å²) in [7, 11) is -3.69. The lowest BCUT2D eigenvalue weighted by Crippen LogP contribution is -2.42. The highest BCUT2D eigenvalue weighted by atomic mass is 32.2. The molecule has 0 bridgehead atoms. The number of carbonyl (C=O) groups excluding carboxylic acids is 1. The third-order valence-corrected chi connectivity index (χ3v) is 5.66. The van der Waals surface area contributed by atoms with Crippen molar-refractivity contribution in [3.8, 4) is 0 Å². The summed E-state index contributed by atoms with van der Waals surface area (Å²) < 4.78 is 24.5. The van der Waals surface area contributed by atoms with Crippen molar-refractivity contribution in [3.63, 3.8) is 0 Å². The highest BCUT2D eigenvalue weighted by Crippen LogP contribution is 2.14. The Bertz CT molecular complexity index is 974. The number of carboxylic acid groups (broad SMARTS) is 1. The van der Waals surface area contributed by atoms with E-state index in [2.05, 4.69) is 5.32 Å². The maximum atomic E-state index is 12.3. The Balaban J connectivity index is 2.01. The Hall–Kier alpha value is -3.27. The number of carboxylic acids is 1. The molecule has 1 atom stereocenters. The number of nitrogens with one attached hydrogen (secondary N) is 1. The van der Waals surface area contributed by atoms with E-state index in [9.17, 15) is 33.2 Å². The number of hydrogen-bond donors (Lipinski definition) is 2. The van der Waals surface area contributed by atoms with Crippen LogP contribution in [-0.4, -0.2) is 42.1 Å². The number of aliphatic carboxylic acids is 1. The molecule has 2 aromatic rings. The SMILES string of the molecule is O=C(Cc1cccc([N+](=O)[O-])c1)N[C@@H](CCS(=O)(=O)c1ccccc1)C(=O)O. The van der Waals surface area contributed by atoms with Crippen LogP contribution >= 0.6 is 0 Å². The molecule has 0 fully saturated rings. The number of carbonyl (C=O) groups is 2. The van der Waals surface area contributed by atoms with E-state index in [1.54, 1.807) is 18.2 Å². The molecule has 0 radical (unpaired) electrons. The maximum absolute atomic E-state index is 12.3. The Morgan fingerprint density at radius 3 is 2.39 bits per heavy atom. The maximum Gasteiger partial charge on any atom is 0.326 e. The average Bonchev–Trinajstić information content (AvgIpc) is 2.65. The van der Waals surface area contributed by atoms with E-state index >= 15 is 0 Å². The summed E-state index contributed by atoms with van der Waals surface area (Å²) in [6.07, 6.45) is -0.579. The predicted molar refractivity (Wildman–Crippen MR) is 99.5 cm³/mol. The van der Waals surface area contributed by atoms with Gasteiger partial charge in [-0.2, -0.15) is 0 Å². The number of sulfone groups is 1. The second kappa shape index (κ2) is 9.09. The number of benzene rings is 2. The fraction of sp³-hybridized carbons (Fsp3) is 0.222. The minimum Gasteiger partial charge on any atom is -0.480 e. The smallest absolute Gasteiger partial charge is 0.326 e. The first-order chi connectivity index (χ1) is 13.2. The zero-order chi connectivity index (χ0) is 20.7. The van der Waals surface area contributed by atoms with E-state index in [0.29, 0.717) is 5.56 Å². The number of hydrogen-bond acceptors (Lipinski definition) is 6. The number of non-ortho nitro benzene ring substituents is 1. The molecule has 0 aromatic heterocycles. The van der Waals surface area contributed by atoms with Crippen LogP contribution in [0.2, 0.25) is 0 Å². The quantitative estimate of drug-likeness (QED) is 0.475. The van der Waals surface area contributed by atoms with E-state index in [0.717, 1.165) is 0 Å². The summed E-state index contributed by atoms with van der Waals surface area (Å²) in [6, 6.07) is 11.6. The number of rotatable bonds is 9. The summed E-state index contributed by atoms with van der Waals surface area (Å²) in [5, 5.41) is 22.3. The highest BCUT2D eigenvalue weighted by molar-refractivity contribution is 7.91. The van der Waals surface area contributed by atoms with Crippen molar-refractivity contribution in [2.45, 2.75) is 23.8 Å². The van der Waals surface area contributed by atoms with Crippen LogP contribution in [0.5, 0.6) is 0 Å². The van der Waals surface area contributed by atoms with Crippen LogP contribution in [0.25, 0.3) is 0 Å². The Morgan fingerprint density at radius 1 is 1.11 bits per heavy atom. The van der Waals surface area contributed by atoms with Gasteiger partial charge in [-0.05, 0) is 24.1 Å². The third kappa shape index (κ3) is 5.88.